The summed E-state index contributed by atoms with van der Waals surface area (Å²) in [6.45, 7) is 7.33. The largest absolute Gasteiger partial charge is 0.402 e. The average Bonchev–Trinajstić information content (AvgIpc) is 3.47. The van der Waals surface area contributed by atoms with Crippen LogP contribution in [0.1, 0.15) is 27.0 Å². The molecule has 3 heterocycles. The molecular formula is C25H30N6O3Si. The zero-order valence-electron chi connectivity index (χ0n) is 20.1. The van der Waals surface area contributed by atoms with Gasteiger partial charge in [-0.15, -0.1) is 0 Å². The van der Waals surface area contributed by atoms with E-state index in [1.807, 2.05) is 12.1 Å². The average molecular weight is 491 g/mol. The summed E-state index contributed by atoms with van der Waals surface area (Å²) in [7, 11) is -2.70. The lowest BCUT2D eigenvalue weighted by Crippen LogP contribution is -2.67. The molecular weight excluding hydrogens is 460 g/mol. The molecule has 5 rings (SSSR count). The predicted molar refractivity (Wildman–Crippen MR) is 138 cm³/mol. The standard InChI is InChI=1S/C25H30N6O3Si/c1-25(2,3)35(17-10-6-4-7-11-17,18-12-8-5-9-13-18)33-15-20-32-14-19(34-20)31-16-28-21-22(26)29-24(27)30-23(21)31/h4-13,16,19-20H,14-15H2,1-3H3,(H4,26,27,29,30)/t19-,20-/m1/s1. The van der Waals surface area contributed by atoms with E-state index in [2.05, 4.69) is 84.3 Å². The van der Waals surface area contributed by atoms with Crippen LogP contribution in [0.3, 0.4) is 0 Å². The van der Waals surface area contributed by atoms with Crippen LogP contribution in [-0.4, -0.2) is 47.3 Å². The van der Waals surface area contributed by atoms with E-state index in [-0.39, 0.29) is 23.4 Å². The van der Waals surface area contributed by atoms with Gasteiger partial charge < -0.3 is 25.4 Å². The third-order valence-electron chi connectivity index (χ3n) is 6.36. The Morgan fingerprint density at radius 2 is 1.63 bits per heavy atom. The van der Waals surface area contributed by atoms with E-state index in [1.54, 1.807) is 10.9 Å². The summed E-state index contributed by atoms with van der Waals surface area (Å²) >= 11 is 0. The first-order valence-electron chi connectivity index (χ1n) is 11.6. The maximum atomic E-state index is 6.94. The maximum absolute atomic E-state index is 6.94. The Kier molecular flexibility index (Phi) is 6.05. The fourth-order valence-corrected chi connectivity index (χ4v) is 9.34. The molecule has 0 aliphatic carbocycles. The molecule has 1 saturated heterocycles. The molecule has 35 heavy (non-hydrogen) atoms. The van der Waals surface area contributed by atoms with Crippen molar-refractivity contribution in [2.24, 2.45) is 0 Å². The van der Waals surface area contributed by atoms with E-state index >= 15 is 0 Å². The zero-order chi connectivity index (χ0) is 24.6. The number of rotatable bonds is 6. The quantitative estimate of drug-likeness (QED) is 0.395. The minimum atomic E-state index is -2.70. The van der Waals surface area contributed by atoms with Gasteiger partial charge in [-0.25, -0.2) is 4.98 Å². The fraction of sp³-hybridized carbons (Fsp3) is 0.320. The molecule has 4 aromatic rings. The lowest BCUT2D eigenvalue weighted by atomic mass is 10.2. The van der Waals surface area contributed by atoms with Gasteiger partial charge >= 0.3 is 0 Å². The summed E-state index contributed by atoms with van der Waals surface area (Å²) in [6.07, 6.45) is 0.645. The van der Waals surface area contributed by atoms with Crippen LogP contribution in [0.25, 0.3) is 11.2 Å². The molecule has 1 fully saturated rings. The lowest BCUT2D eigenvalue weighted by Gasteiger charge is -2.43. The van der Waals surface area contributed by atoms with E-state index in [0.717, 1.165) is 0 Å². The monoisotopic (exact) mass is 490 g/mol. The normalized spacial score (nSPS) is 18.8. The Hall–Kier alpha value is -3.31. The van der Waals surface area contributed by atoms with Crippen LogP contribution in [-0.2, 0) is 13.9 Å². The number of aromatic nitrogens is 4. The number of anilines is 2. The Bertz CT molecular complexity index is 1270. The molecule has 10 heteroatoms. The zero-order valence-corrected chi connectivity index (χ0v) is 21.1. The highest BCUT2D eigenvalue weighted by atomic mass is 28.4. The van der Waals surface area contributed by atoms with E-state index in [1.165, 1.54) is 10.4 Å². The Balaban J connectivity index is 1.42. The molecule has 2 aromatic carbocycles. The Morgan fingerprint density at radius 1 is 1.00 bits per heavy atom. The van der Waals surface area contributed by atoms with Gasteiger partial charge in [0.2, 0.25) is 5.95 Å². The number of nitrogens with zero attached hydrogens (tertiary/aromatic N) is 4. The third kappa shape index (κ3) is 4.18. The summed E-state index contributed by atoms with van der Waals surface area (Å²) in [5, 5.41) is 2.27. The van der Waals surface area contributed by atoms with Crippen molar-refractivity contribution >= 4 is 41.6 Å². The summed E-state index contributed by atoms with van der Waals surface area (Å²) in [5.41, 5.74) is 12.7. The molecule has 0 amide bonds. The second-order valence-corrected chi connectivity index (χ2v) is 13.9. The molecule has 0 bridgehead atoms. The van der Waals surface area contributed by atoms with Gasteiger partial charge in [0.25, 0.3) is 8.32 Å². The number of fused-ring (bicyclic) bond motifs is 1. The predicted octanol–water partition coefficient (Wildman–Crippen LogP) is 2.44. The minimum Gasteiger partial charge on any atom is -0.402 e. The summed E-state index contributed by atoms with van der Waals surface area (Å²) in [5.74, 6) is 0.318. The van der Waals surface area contributed by atoms with Crippen molar-refractivity contribution in [1.82, 2.24) is 19.5 Å². The molecule has 2 aromatic heterocycles. The number of hydrogen-bond donors (Lipinski definition) is 2. The van der Waals surface area contributed by atoms with Crippen molar-refractivity contribution in [2.75, 3.05) is 24.7 Å². The minimum absolute atomic E-state index is 0.0854. The van der Waals surface area contributed by atoms with Crippen LogP contribution in [0.15, 0.2) is 67.0 Å². The van der Waals surface area contributed by atoms with Gasteiger partial charge in [-0.05, 0) is 15.4 Å². The van der Waals surface area contributed by atoms with Crippen LogP contribution < -0.4 is 21.8 Å². The molecule has 4 N–H and O–H groups in total. The molecule has 0 spiro atoms. The van der Waals surface area contributed by atoms with Crippen LogP contribution in [0.4, 0.5) is 11.8 Å². The highest BCUT2D eigenvalue weighted by molar-refractivity contribution is 6.99. The number of nitrogen functional groups attached to an aromatic ring is 2. The van der Waals surface area contributed by atoms with Crippen molar-refractivity contribution in [1.29, 1.82) is 0 Å². The summed E-state index contributed by atoms with van der Waals surface area (Å²) in [4.78, 5) is 12.6. The molecule has 182 valence electrons. The summed E-state index contributed by atoms with van der Waals surface area (Å²) in [6, 6.07) is 21.0. The molecule has 1 aliphatic rings. The summed E-state index contributed by atoms with van der Waals surface area (Å²) < 4.78 is 20.9. The van der Waals surface area contributed by atoms with Crippen molar-refractivity contribution in [2.45, 2.75) is 38.3 Å². The molecule has 0 saturated carbocycles. The first-order valence-corrected chi connectivity index (χ1v) is 13.5. The van der Waals surface area contributed by atoms with E-state index < -0.39 is 20.8 Å². The maximum Gasteiger partial charge on any atom is 0.261 e. The number of imidazole rings is 1. The second kappa shape index (κ2) is 9.04. The Morgan fingerprint density at radius 3 is 2.23 bits per heavy atom. The number of hydrogen-bond acceptors (Lipinski definition) is 8. The second-order valence-electron chi connectivity index (χ2n) is 9.62. The van der Waals surface area contributed by atoms with E-state index in [9.17, 15) is 0 Å². The number of ether oxygens (including phenoxy) is 2. The van der Waals surface area contributed by atoms with Gasteiger partial charge in [-0.3, -0.25) is 4.57 Å². The molecule has 0 radical (unpaired) electrons. The Labute approximate surface area is 205 Å². The van der Waals surface area contributed by atoms with Crippen LogP contribution in [0.2, 0.25) is 5.04 Å². The van der Waals surface area contributed by atoms with Crippen molar-refractivity contribution in [3.8, 4) is 0 Å². The van der Waals surface area contributed by atoms with Crippen molar-refractivity contribution in [3.05, 3.63) is 67.0 Å². The van der Waals surface area contributed by atoms with Gasteiger partial charge in [-0.2, -0.15) is 9.97 Å². The smallest absolute Gasteiger partial charge is 0.261 e. The fourth-order valence-electron chi connectivity index (χ4n) is 4.80. The molecule has 1 aliphatic heterocycles. The van der Waals surface area contributed by atoms with Gasteiger partial charge in [-0.1, -0.05) is 81.4 Å². The van der Waals surface area contributed by atoms with Crippen LogP contribution in [0, 0.1) is 0 Å². The van der Waals surface area contributed by atoms with Crippen molar-refractivity contribution in [3.63, 3.8) is 0 Å². The first-order chi connectivity index (χ1) is 16.8. The van der Waals surface area contributed by atoms with Gasteiger partial charge in [0.05, 0.1) is 19.5 Å². The topological polar surface area (TPSA) is 123 Å². The SMILES string of the molecule is CC(C)(C)[Si](OC[C@@H]1OC[C@H](n2cnc3c(N)nc(N)nc32)O1)(c1ccccc1)c1ccccc1. The van der Waals surface area contributed by atoms with Crippen LogP contribution in [0.5, 0.6) is 0 Å². The van der Waals surface area contributed by atoms with Crippen molar-refractivity contribution < 1.29 is 13.9 Å². The highest BCUT2D eigenvalue weighted by Gasteiger charge is 2.50. The van der Waals surface area contributed by atoms with E-state index in [4.69, 9.17) is 25.4 Å². The highest BCUT2D eigenvalue weighted by Crippen LogP contribution is 2.37. The number of benzene rings is 2. The van der Waals surface area contributed by atoms with Gasteiger partial charge in [0, 0.05) is 0 Å². The van der Waals surface area contributed by atoms with E-state index in [0.29, 0.717) is 17.8 Å². The third-order valence-corrected chi connectivity index (χ3v) is 11.4. The first kappa shape index (κ1) is 23.4. The molecule has 2 atom stereocenters. The molecule has 0 unspecified atom stereocenters. The van der Waals surface area contributed by atoms with Gasteiger partial charge in [0.15, 0.2) is 24.0 Å². The van der Waals surface area contributed by atoms with Gasteiger partial charge in [0.1, 0.15) is 5.52 Å². The number of nitrogens with two attached hydrogens (primary N) is 2. The lowest BCUT2D eigenvalue weighted by molar-refractivity contribution is -0.0943. The molecule has 9 nitrogen and oxygen atoms in total. The van der Waals surface area contributed by atoms with Crippen LogP contribution >= 0.6 is 0 Å².